The molecule has 0 aromatic carbocycles. The molecule has 1 N–H and O–H groups in total. The molecule has 0 amide bonds. The summed E-state index contributed by atoms with van der Waals surface area (Å²) in [7, 11) is 0. The van der Waals surface area contributed by atoms with E-state index in [4.69, 9.17) is 24.6 Å². The SMILES string of the molecule is [2H]OC(=O)C(Cl)Cl. The Morgan fingerprint density at radius 2 is 2.50 bits per heavy atom. The van der Waals surface area contributed by atoms with Crippen molar-refractivity contribution < 1.29 is 9.90 Å². The van der Waals surface area contributed by atoms with E-state index in [1.165, 1.54) is 0 Å². The van der Waals surface area contributed by atoms with Crippen molar-refractivity contribution in [2.45, 2.75) is 4.84 Å². The molecule has 0 aromatic heterocycles. The molecule has 0 fully saturated rings. The quantitative estimate of drug-likeness (QED) is 0.534. The van der Waals surface area contributed by atoms with E-state index in [9.17, 15) is 4.79 Å². The van der Waals surface area contributed by atoms with Gasteiger partial charge in [0.15, 0.2) is 0 Å². The monoisotopic (exact) mass is 129 g/mol. The minimum absolute atomic E-state index is 0.955. The Morgan fingerprint density at radius 3 is 2.50 bits per heavy atom. The Hall–Kier alpha value is 0.0500. The maximum atomic E-state index is 9.84. The van der Waals surface area contributed by atoms with E-state index >= 15 is 0 Å². The molecule has 0 aliphatic heterocycles. The van der Waals surface area contributed by atoms with Gasteiger partial charge < -0.3 is 5.11 Å². The molecular weight excluding hydrogens is 127 g/mol. The topological polar surface area (TPSA) is 37.3 Å². The Bertz CT molecular complexity index is 74.1. The van der Waals surface area contributed by atoms with Crippen LogP contribution in [0.25, 0.3) is 1.43 Å². The van der Waals surface area contributed by atoms with Gasteiger partial charge in [-0.05, 0) is 0 Å². The van der Waals surface area contributed by atoms with Crippen LogP contribution in [0.15, 0.2) is 0 Å². The molecule has 4 heteroatoms. The Labute approximate surface area is 46.2 Å². The average molecular weight is 130 g/mol. The Kier molecular flexibility index (Phi) is 1.59. The molecular formula is C2H2Cl2O2. The number of hydrogen-bond acceptors (Lipinski definition) is 2. The summed E-state index contributed by atoms with van der Waals surface area (Å²) in [5.41, 5.74) is 0. The van der Waals surface area contributed by atoms with Gasteiger partial charge in [0.1, 0.15) is 0 Å². The van der Waals surface area contributed by atoms with Crippen molar-refractivity contribution in [3.63, 3.8) is 0 Å². The van der Waals surface area contributed by atoms with Crippen LogP contribution in [0.2, 0.25) is 0 Å². The molecule has 2 nitrogen and oxygen atoms in total. The molecule has 0 spiro atoms. The van der Waals surface area contributed by atoms with E-state index in [-0.39, 0.29) is 0 Å². The summed E-state index contributed by atoms with van der Waals surface area (Å²) in [6, 6.07) is 0. The zero-order chi connectivity index (χ0) is 5.86. The first-order valence-electron chi connectivity index (χ1n) is 1.54. The zero-order valence-corrected chi connectivity index (χ0v) is 4.16. The summed E-state index contributed by atoms with van der Waals surface area (Å²) >= 11 is 9.80. The molecule has 0 aromatic rings. The number of hydrogen-bond donors (Lipinski definition) is 1. The van der Waals surface area contributed by atoms with Crippen molar-refractivity contribution in [2.24, 2.45) is 0 Å². The predicted octanol–water partition coefficient (Wildman–Crippen LogP) is 0.875. The summed E-state index contributed by atoms with van der Waals surface area (Å²) < 4.78 is 5.92. The zero-order valence-electron chi connectivity index (χ0n) is 3.65. The summed E-state index contributed by atoms with van der Waals surface area (Å²) in [6.07, 6.45) is 0. The van der Waals surface area contributed by atoms with E-state index < -0.39 is 10.8 Å². The maximum Gasteiger partial charge on any atom is 0.337 e. The van der Waals surface area contributed by atoms with Crippen LogP contribution in [0.4, 0.5) is 0 Å². The molecule has 0 heterocycles. The molecule has 0 saturated carbocycles. The van der Waals surface area contributed by atoms with E-state index in [1.807, 2.05) is 0 Å². The van der Waals surface area contributed by atoms with Crippen LogP contribution in [0.5, 0.6) is 0 Å². The van der Waals surface area contributed by atoms with Gasteiger partial charge in [-0.3, -0.25) is 0 Å². The summed E-state index contributed by atoms with van der Waals surface area (Å²) in [5.74, 6) is -0.955. The van der Waals surface area contributed by atoms with Crippen molar-refractivity contribution in [2.75, 3.05) is 0 Å². The van der Waals surface area contributed by atoms with Gasteiger partial charge in [-0.2, -0.15) is 0 Å². The molecule has 0 rings (SSSR count). The van der Waals surface area contributed by atoms with Crippen molar-refractivity contribution in [1.29, 1.82) is 1.43 Å². The molecule has 0 saturated heterocycles. The van der Waals surface area contributed by atoms with Gasteiger partial charge in [0.25, 0.3) is 1.43 Å². The predicted molar refractivity (Wildman–Crippen MR) is 23.1 cm³/mol. The number of aliphatic carboxylic acids is 1. The van der Waals surface area contributed by atoms with E-state index in [0.29, 0.717) is 0 Å². The molecule has 0 unspecified atom stereocenters. The van der Waals surface area contributed by atoms with Crippen LogP contribution in [0.3, 0.4) is 0 Å². The van der Waals surface area contributed by atoms with E-state index in [1.54, 1.807) is 0 Å². The number of rotatable bonds is 1. The summed E-state index contributed by atoms with van der Waals surface area (Å²) in [4.78, 5) is 8.60. The lowest BCUT2D eigenvalue weighted by atomic mass is 10.8. The third kappa shape index (κ3) is 2.30. The lowest BCUT2D eigenvalue weighted by molar-refractivity contribution is -0.135. The number of carboxylic acids is 1. The third-order valence-electron chi connectivity index (χ3n) is 0.178. The summed E-state index contributed by atoms with van der Waals surface area (Å²) in [5, 5.41) is 3.36. The molecule has 6 heavy (non-hydrogen) atoms. The fourth-order valence-electron chi connectivity index (χ4n) is 0. The molecule has 0 aliphatic carbocycles. The molecule has 0 aliphatic rings. The Balaban J connectivity index is 3.35. The lowest BCUT2D eigenvalue weighted by Crippen LogP contribution is -2.03. The first-order valence-corrected chi connectivity index (χ1v) is 2.01. The van der Waals surface area contributed by atoms with Gasteiger partial charge in [-0.15, -0.1) is 0 Å². The highest BCUT2D eigenvalue weighted by Crippen LogP contribution is 1.98. The van der Waals surface area contributed by atoms with Crippen molar-refractivity contribution in [3.05, 3.63) is 0 Å². The second-order valence-electron chi connectivity index (χ2n) is 0.620. The van der Waals surface area contributed by atoms with Gasteiger partial charge in [0.2, 0.25) is 4.84 Å². The smallest absolute Gasteiger partial charge is 0.337 e. The second kappa shape index (κ2) is 2.26. The van der Waals surface area contributed by atoms with E-state index in [2.05, 4.69) is 5.11 Å². The first kappa shape index (κ1) is 4.22. The average Bonchev–Trinajstić information content (AvgIpc) is 1.65. The van der Waals surface area contributed by atoms with Crippen LogP contribution in [0, 0.1) is 0 Å². The largest absolute Gasteiger partial charge is 0.479 e. The van der Waals surface area contributed by atoms with Gasteiger partial charge in [-0.25, -0.2) is 4.79 Å². The number of halogens is 2. The number of carboxylic acid groups (broad SMARTS) is 1. The van der Waals surface area contributed by atoms with Gasteiger partial charge >= 0.3 is 5.97 Å². The van der Waals surface area contributed by atoms with Gasteiger partial charge in [0.05, 0.1) is 0 Å². The number of carbonyl (C=O) groups is 1. The van der Waals surface area contributed by atoms with Gasteiger partial charge in [-0.1, -0.05) is 23.2 Å². The van der Waals surface area contributed by atoms with Crippen molar-refractivity contribution in [1.82, 2.24) is 0 Å². The van der Waals surface area contributed by atoms with Gasteiger partial charge in [0, 0.05) is 0 Å². The highest BCUT2D eigenvalue weighted by atomic mass is 35.5. The molecule has 0 radical (unpaired) electrons. The van der Waals surface area contributed by atoms with Crippen LogP contribution in [-0.4, -0.2) is 15.9 Å². The highest BCUT2D eigenvalue weighted by molar-refractivity contribution is 6.52. The third-order valence-corrected chi connectivity index (χ3v) is 0.535. The van der Waals surface area contributed by atoms with Crippen LogP contribution < -0.4 is 0 Å². The summed E-state index contributed by atoms with van der Waals surface area (Å²) in [6.45, 7) is 0. The minimum atomic E-state index is -1.24. The Morgan fingerprint density at radius 1 is 2.00 bits per heavy atom. The van der Waals surface area contributed by atoms with Crippen LogP contribution >= 0.6 is 23.2 Å². The first-order chi connectivity index (χ1) is 3.18. The van der Waals surface area contributed by atoms with Crippen LogP contribution in [0.1, 0.15) is 0 Å². The van der Waals surface area contributed by atoms with E-state index in [0.717, 1.165) is 0 Å². The fourth-order valence-corrected chi connectivity index (χ4v) is 0. The number of alkyl halides is 2. The standard InChI is InChI=1S/C2H2Cl2O2/c3-1(4)2(5)6/h1H,(H,5,6)/i/hD. The van der Waals surface area contributed by atoms with Crippen LogP contribution in [-0.2, 0) is 4.79 Å². The molecule has 0 bridgehead atoms. The second-order valence-corrected chi connectivity index (χ2v) is 1.72. The maximum absolute atomic E-state index is 9.84. The molecule has 36 valence electrons. The normalized spacial score (nSPS) is 10.8. The highest BCUT2D eigenvalue weighted by Gasteiger charge is 2.05. The van der Waals surface area contributed by atoms with Crippen molar-refractivity contribution in [3.8, 4) is 0 Å². The fraction of sp³-hybridized carbons (Fsp3) is 0.500. The van der Waals surface area contributed by atoms with Crippen molar-refractivity contribution >= 4 is 29.2 Å². The molecule has 0 atom stereocenters. The lowest BCUT2D eigenvalue weighted by Gasteiger charge is -1.84. The minimum Gasteiger partial charge on any atom is -0.479 e.